The van der Waals surface area contributed by atoms with Crippen molar-refractivity contribution >= 4 is 0 Å². The van der Waals surface area contributed by atoms with Gasteiger partial charge in [0.05, 0.1) is 0 Å². The summed E-state index contributed by atoms with van der Waals surface area (Å²) in [7, 11) is 0. The number of halogens is 2. The van der Waals surface area contributed by atoms with Crippen LogP contribution in [0.25, 0.3) is 0 Å². The predicted molar refractivity (Wildman–Crippen MR) is 58.6 cm³/mol. The van der Waals surface area contributed by atoms with E-state index in [0.29, 0.717) is 11.4 Å². The molecule has 0 bridgehead atoms. The van der Waals surface area contributed by atoms with Crippen molar-refractivity contribution in [3.8, 4) is 11.6 Å². The average molecular weight is 236 g/mol. The van der Waals surface area contributed by atoms with Crippen LogP contribution in [-0.4, -0.2) is 4.98 Å². The van der Waals surface area contributed by atoms with Crippen molar-refractivity contribution < 1.29 is 13.5 Å². The van der Waals surface area contributed by atoms with Gasteiger partial charge in [0, 0.05) is 30.4 Å². The molecule has 17 heavy (non-hydrogen) atoms. The summed E-state index contributed by atoms with van der Waals surface area (Å²) in [5, 5.41) is 0. The van der Waals surface area contributed by atoms with Crippen molar-refractivity contribution in [1.82, 2.24) is 4.98 Å². The summed E-state index contributed by atoms with van der Waals surface area (Å²) in [6.45, 7) is 0.0549. The van der Waals surface area contributed by atoms with Crippen LogP contribution in [0.15, 0.2) is 36.5 Å². The topological polar surface area (TPSA) is 48.1 Å². The van der Waals surface area contributed by atoms with E-state index < -0.39 is 11.6 Å². The molecule has 0 atom stereocenters. The fourth-order valence-corrected chi connectivity index (χ4v) is 1.34. The van der Waals surface area contributed by atoms with Crippen LogP contribution in [0.2, 0.25) is 0 Å². The number of aromatic nitrogens is 1. The molecule has 88 valence electrons. The number of nitrogens with zero attached hydrogens (tertiary/aromatic N) is 1. The Morgan fingerprint density at radius 3 is 2.59 bits per heavy atom. The summed E-state index contributed by atoms with van der Waals surface area (Å²) in [5.74, 6) is -1.45. The maximum absolute atomic E-state index is 13.1. The molecule has 1 heterocycles. The number of rotatable bonds is 3. The van der Waals surface area contributed by atoms with Gasteiger partial charge in [-0.1, -0.05) is 6.07 Å². The Balaban J connectivity index is 2.35. The van der Waals surface area contributed by atoms with Gasteiger partial charge in [0.25, 0.3) is 0 Å². The summed E-state index contributed by atoms with van der Waals surface area (Å²) in [6.07, 6.45) is 1.54. The number of hydrogen-bond acceptors (Lipinski definition) is 3. The number of hydrogen-bond donors (Lipinski definition) is 1. The van der Waals surface area contributed by atoms with Crippen LogP contribution in [0.4, 0.5) is 8.78 Å². The monoisotopic (exact) mass is 236 g/mol. The Morgan fingerprint density at radius 1 is 1.18 bits per heavy atom. The standard InChI is InChI=1S/C12H10F2N2O/c13-9-5-8(7-15)11(6-10(9)14)17-12-3-1-2-4-16-12/h1-6H,7,15H2. The van der Waals surface area contributed by atoms with E-state index in [-0.39, 0.29) is 12.3 Å². The molecule has 0 unspecified atom stereocenters. The Labute approximate surface area is 96.9 Å². The van der Waals surface area contributed by atoms with Crippen molar-refractivity contribution in [1.29, 1.82) is 0 Å². The zero-order chi connectivity index (χ0) is 12.3. The first kappa shape index (κ1) is 11.5. The zero-order valence-corrected chi connectivity index (χ0v) is 8.86. The molecular formula is C12H10F2N2O. The highest BCUT2D eigenvalue weighted by Crippen LogP contribution is 2.26. The number of nitrogens with two attached hydrogens (primary N) is 1. The molecule has 3 nitrogen and oxygen atoms in total. The summed E-state index contributed by atoms with van der Waals surface area (Å²) in [4.78, 5) is 3.92. The molecular weight excluding hydrogens is 226 g/mol. The van der Waals surface area contributed by atoms with Crippen molar-refractivity contribution in [2.45, 2.75) is 6.54 Å². The molecule has 2 rings (SSSR count). The second-order valence-electron chi connectivity index (χ2n) is 3.35. The molecule has 5 heteroatoms. The maximum atomic E-state index is 13.1. The van der Waals surface area contributed by atoms with E-state index in [0.717, 1.165) is 12.1 Å². The van der Waals surface area contributed by atoms with Crippen molar-refractivity contribution in [3.63, 3.8) is 0 Å². The van der Waals surface area contributed by atoms with Gasteiger partial charge in [-0.2, -0.15) is 0 Å². The molecule has 0 radical (unpaired) electrons. The summed E-state index contributed by atoms with van der Waals surface area (Å²) < 4.78 is 31.4. The molecule has 0 spiro atoms. The van der Waals surface area contributed by atoms with E-state index in [9.17, 15) is 8.78 Å². The van der Waals surface area contributed by atoms with Gasteiger partial charge in [0.2, 0.25) is 5.88 Å². The smallest absolute Gasteiger partial charge is 0.219 e. The first-order chi connectivity index (χ1) is 8.20. The van der Waals surface area contributed by atoms with E-state index >= 15 is 0 Å². The first-order valence-electron chi connectivity index (χ1n) is 4.97. The predicted octanol–water partition coefficient (Wildman–Crippen LogP) is 2.61. The summed E-state index contributed by atoms with van der Waals surface area (Å²) in [5.41, 5.74) is 5.82. The minimum absolute atomic E-state index is 0.0549. The largest absolute Gasteiger partial charge is 0.439 e. The molecule has 0 fully saturated rings. The molecule has 0 saturated carbocycles. The van der Waals surface area contributed by atoms with Crippen molar-refractivity contribution in [2.24, 2.45) is 5.73 Å². The van der Waals surface area contributed by atoms with E-state index in [1.165, 1.54) is 6.20 Å². The number of ether oxygens (including phenoxy) is 1. The Hall–Kier alpha value is -2.01. The third kappa shape index (κ3) is 2.57. The van der Waals surface area contributed by atoms with E-state index in [2.05, 4.69) is 4.98 Å². The lowest BCUT2D eigenvalue weighted by Crippen LogP contribution is -2.02. The maximum Gasteiger partial charge on any atom is 0.219 e. The second-order valence-corrected chi connectivity index (χ2v) is 3.35. The highest BCUT2D eigenvalue weighted by Gasteiger charge is 2.11. The third-order valence-corrected chi connectivity index (χ3v) is 2.18. The summed E-state index contributed by atoms with van der Waals surface area (Å²) >= 11 is 0. The van der Waals surface area contributed by atoms with Gasteiger partial charge in [-0.15, -0.1) is 0 Å². The normalized spacial score (nSPS) is 10.3. The minimum atomic E-state index is -0.979. The fraction of sp³-hybridized carbons (Fsp3) is 0.0833. The van der Waals surface area contributed by atoms with Crippen LogP contribution in [0, 0.1) is 11.6 Å². The highest BCUT2D eigenvalue weighted by molar-refractivity contribution is 5.37. The SMILES string of the molecule is NCc1cc(F)c(F)cc1Oc1ccccn1. The van der Waals surface area contributed by atoms with Crippen molar-refractivity contribution in [2.75, 3.05) is 0 Å². The molecule has 0 aliphatic carbocycles. The van der Waals surface area contributed by atoms with E-state index in [4.69, 9.17) is 10.5 Å². The lowest BCUT2D eigenvalue weighted by molar-refractivity contribution is 0.441. The second kappa shape index (κ2) is 4.88. The van der Waals surface area contributed by atoms with Crippen LogP contribution < -0.4 is 10.5 Å². The molecule has 2 N–H and O–H groups in total. The molecule has 1 aromatic heterocycles. The molecule has 1 aromatic carbocycles. The van der Waals surface area contributed by atoms with Crippen LogP contribution in [0.5, 0.6) is 11.6 Å². The average Bonchev–Trinajstić information content (AvgIpc) is 2.35. The third-order valence-electron chi connectivity index (χ3n) is 2.18. The quantitative estimate of drug-likeness (QED) is 0.891. The highest BCUT2D eigenvalue weighted by atomic mass is 19.2. The lowest BCUT2D eigenvalue weighted by atomic mass is 10.2. The fourth-order valence-electron chi connectivity index (χ4n) is 1.34. The summed E-state index contributed by atoms with van der Waals surface area (Å²) in [6, 6.07) is 7.05. The van der Waals surface area contributed by atoms with E-state index in [1.807, 2.05) is 0 Å². The van der Waals surface area contributed by atoms with Crippen LogP contribution in [0.1, 0.15) is 5.56 Å². The van der Waals surface area contributed by atoms with Crippen LogP contribution in [-0.2, 0) is 6.54 Å². The molecule has 0 aliphatic rings. The number of benzene rings is 1. The molecule has 0 saturated heterocycles. The molecule has 0 aliphatic heterocycles. The Kier molecular flexibility index (Phi) is 3.30. The van der Waals surface area contributed by atoms with Gasteiger partial charge in [0.15, 0.2) is 11.6 Å². The Bertz CT molecular complexity index is 517. The first-order valence-corrected chi connectivity index (χ1v) is 4.97. The Morgan fingerprint density at radius 2 is 1.94 bits per heavy atom. The van der Waals surface area contributed by atoms with Gasteiger partial charge in [0.1, 0.15) is 5.75 Å². The van der Waals surface area contributed by atoms with Crippen molar-refractivity contribution in [3.05, 3.63) is 53.7 Å². The van der Waals surface area contributed by atoms with Gasteiger partial charge in [-0.3, -0.25) is 0 Å². The minimum Gasteiger partial charge on any atom is -0.439 e. The molecule has 2 aromatic rings. The zero-order valence-electron chi connectivity index (χ0n) is 8.86. The van der Waals surface area contributed by atoms with Crippen LogP contribution in [0.3, 0.4) is 0 Å². The van der Waals surface area contributed by atoms with Gasteiger partial charge < -0.3 is 10.5 Å². The van der Waals surface area contributed by atoms with Gasteiger partial charge >= 0.3 is 0 Å². The number of pyridine rings is 1. The van der Waals surface area contributed by atoms with Crippen LogP contribution >= 0.6 is 0 Å². The van der Waals surface area contributed by atoms with Gasteiger partial charge in [-0.25, -0.2) is 13.8 Å². The lowest BCUT2D eigenvalue weighted by Gasteiger charge is -2.09. The van der Waals surface area contributed by atoms with Gasteiger partial charge in [-0.05, 0) is 12.1 Å². The molecule has 0 amide bonds. The van der Waals surface area contributed by atoms with E-state index in [1.54, 1.807) is 18.2 Å².